The van der Waals surface area contributed by atoms with Gasteiger partial charge in [0.2, 0.25) is 0 Å². The molecule has 2 rings (SSSR count). The molecule has 78 valence electrons. The van der Waals surface area contributed by atoms with E-state index in [1.807, 2.05) is 25.1 Å². The fourth-order valence-corrected chi connectivity index (χ4v) is 1.90. The molecule has 1 N–H and O–H groups in total. The summed E-state index contributed by atoms with van der Waals surface area (Å²) in [5.74, 6) is 0.847. The number of aryl methyl sites for hydroxylation is 1. The summed E-state index contributed by atoms with van der Waals surface area (Å²) in [5, 5.41) is 0.991. The van der Waals surface area contributed by atoms with Crippen LogP contribution in [0.3, 0.4) is 0 Å². The van der Waals surface area contributed by atoms with Gasteiger partial charge >= 0.3 is 0 Å². The summed E-state index contributed by atoms with van der Waals surface area (Å²) in [6, 6.07) is 5.74. The van der Waals surface area contributed by atoms with Gasteiger partial charge in [-0.15, -0.1) is 0 Å². The van der Waals surface area contributed by atoms with Crippen LogP contribution in [0.2, 0.25) is 0 Å². The number of ether oxygens (including phenoxy) is 1. The number of H-pyrrole nitrogens is 1. The number of carbonyl (C=O) groups is 1. The molecule has 0 saturated carbocycles. The van der Waals surface area contributed by atoms with E-state index in [1.165, 1.54) is 0 Å². The average molecular weight is 203 g/mol. The quantitative estimate of drug-likeness (QED) is 0.762. The molecule has 3 nitrogen and oxygen atoms in total. The maximum absolute atomic E-state index is 11.4. The van der Waals surface area contributed by atoms with Crippen molar-refractivity contribution >= 4 is 16.7 Å². The zero-order chi connectivity index (χ0) is 11.0. The molecule has 1 heterocycles. The van der Waals surface area contributed by atoms with Crippen molar-refractivity contribution in [3.05, 3.63) is 29.5 Å². The third kappa shape index (κ3) is 1.40. The van der Waals surface area contributed by atoms with Crippen molar-refractivity contribution in [3.63, 3.8) is 0 Å². The second kappa shape index (κ2) is 3.42. The molecule has 0 atom stereocenters. The van der Waals surface area contributed by atoms with E-state index in [1.54, 1.807) is 14.0 Å². The lowest BCUT2D eigenvalue weighted by molar-refractivity contribution is 0.101. The molecule has 2 aromatic rings. The van der Waals surface area contributed by atoms with Gasteiger partial charge in [0.1, 0.15) is 5.75 Å². The number of rotatable bonds is 2. The van der Waals surface area contributed by atoms with Crippen LogP contribution in [-0.4, -0.2) is 17.9 Å². The molecule has 0 unspecified atom stereocenters. The molecule has 0 radical (unpaired) electrons. The number of aromatic nitrogens is 1. The maximum atomic E-state index is 11.4. The van der Waals surface area contributed by atoms with Gasteiger partial charge in [0.25, 0.3) is 0 Å². The fourth-order valence-electron chi connectivity index (χ4n) is 1.90. The van der Waals surface area contributed by atoms with Crippen molar-refractivity contribution < 1.29 is 9.53 Å². The highest BCUT2D eigenvalue weighted by atomic mass is 16.5. The number of fused-ring (bicyclic) bond motifs is 1. The molecule has 3 heteroatoms. The zero-order valence-electron chi connectivity index (χ0n) is 9.05. The number of Topliss-reactive ketones (excluding diaryl/α,β-unsaturated/α-hetero) is 1. The normalized spacial score (nSPS) is 10.6. The van der Waals surface area contributed by atoms with E-state index in [2.05, 4.69) is 4.98 Å². The maximum Gasteiger partial charge on any atom is 0.176 e. The minimum Gasteiger partial charge on any atom is -0.496 e. The molecular weight excluding hydrogens is 190 g/mol. The lowest BCUT2D eigenvalue weighted by Gasteiger charge is -2.01. The van der Waals surface area contributed by atoms with Crippen LogP contribution in [0.25, 0.3) is 10.9 Å². The van der Waals surface area contributed by atoms with Gasteiger partial charge in [-0.1, -0.05) is 6.07 Å². The van der Waals surface area contributed by atoms with Crippen molar-refractivity contribution in [1.82, 2.24) is 4.98 Å². The smallest absolute Gasteiger partial charge is 0.176 e. The van der Waals surface area contributed by atoms with Gasteiger partial charge in [0.05, 0.1) is 12.8 Å². The monoisotopic (exact) mass is 203 g/mol. The highest BCUT2D eigenvalue weighted by Crippen LogP contribution is 2.30. The average Bonchev–Trinajstić information content (AvgIpc) is 2.56. The highest BCUT2D eigenvalue weighted by Gasteiger charge is 2.13. The Morgan fingerprint density at radius 2 is 2.13 bits per heavy atom. The van der Waals surface area contributed by atoms with Crippen molar-refractivity contribution in [3.8, 4) is 5.75 Å². The Bertz CT molecular complexity index is 526. The predicted molar refractivity (Wildman–Crippen MR) is 59.6 cm³/mol. The summed E-state index contributed by atoms with van der Waals surface area (Å²) in [6.07, 6.45) is 0. The second-order valence-corrected chi connectivity index (χ2v) is 3.56. The topological polar surface area (TPSA) is 42.1 Å². The molecule has 0 fully saturated rings. The molecule has 0 saturated heterocycles. The van der Waals surface area contributed by atoms with E-state index in [4.69, 9.17) is 4.74 Å². The fraction of sp³-hybridized carbons (Fsp3) is 0.250. The summed E-state index contributed by atoms with van der Waals surface area (Å²) in [4.78, 5) is 14.5. The minimum absolute atomic E-state index is 0.0470. The van der Waals surface area contributed by atoms with Crippen molar-refractivity contribution in [2.24, 2.45) is 0 Å². The SMILES string of the molecule is COc1cccc2[nH]c(C(C)=O)c(C)c12. The molecule has 0 amide bonds. The van der Waals surface area contributed by atoms with Gasteiger partial charge in [-0.3, -0.25) is 4.79 Å². The van der Waals surface area contributed by atoms with Gasteiger partial charge in [0, 0.05) is 17.8 Å². The Balaban J connectivity index is 2.82. The van der Waals surface area contributed by atoms with Crippen molar-refractivity contribution in [2.75, 3.05) is 7.11 Å². The van der Waals surface area contributed by atoms with Gasteiger partial charge in [-0.25, -0.2) is 0 Å². The number of ketones is 1. The Morgan fingerprint density at radius 3 is 2.73 bits per heavy atom. The molecule has 0 aliphatic heterocycles. The Kier molecular flexibility index (Phi) is 2.23. The van der Waals surface area contributed by atoms with Crippen LogP contribution in [-0.2, 0) is 0 Å². The number of methoxy groups -OCH3 is 1. The molecule has 1 aromatic heterocycles. The molecule has 0 aliphatic carbocycles. The Hall–Kier alpha value is -1.77. The van der Waals surface area contributed by atoms with Crippen LogP contribution in [0.15, 0.2) is 18.2 Å². The summed E-state index contributed by atoms with van der Waals surface area (Å²) in [5.41, 5.74) is 2.56. The van der Waals surface area contributed by atoms with E-state index in [-0.39, 0.29) is 5.78 Å². The predicted octanol–water partition coefficient (Wildman–Crippen LogP) is 2.69. The summed E-state index contributed by atoms with van der Waals surface area (Å²) in [6.45, 7) is 3.49. The highest BCUT2D eigenvalue weighted by molar-refractivity contribution is 6.02. The van der Waals surface area contributed by atoms with Crippen LogP contribution >= 0.6 is 0 Å². The first kappa shape index (κ1) is 9.77. The Morgan fingerprint density at radius 1 is 1.40 bits per heavy atom. The van der Waals surface area contributed by atoms with Crippen LogP contribution in [0.4, 0.5) is 0 Å². The number of hydrogen-bond acceptors (Lipinski definition) is 2. The number of nitrogens with one attached hydrogen (secondary N) is 1. The van der Waals surface area contributed by atoms with Gasteiger partial charge in [-0.05, 0) is 24.6 Å². The van der Waals surface area contributed by atoms with Gasteiger partial charge in [-0.2, -0.15) is 0 Å². The summed E-state index contributed by atoms with van der Waals surface area (Å²) in [7, 11) is 1.63. The van der Waals surface area contributed by atoms with Crippen LogP contribution in [0, 0.1) is 6.92 Å². The first-order chi connectivity index (χ1) is 7.15. The zero-order valence-corrected chi connectivity index (χ0v) is 9.05. The largest absolute Gasteiger partial charge is 0.496 e. The van der Waals surface area contributed by atoms with Crippen LogP contribution < -0.4 is 4.74 Å². The van der Waals surface area contributed by atoms with Crippen molar-refractivity contribution in [2.45, 2.75) is 13.8 Å². The number of hydrogen-bond donors (Lipinski definition) is 1. The van der Waals surface area contributed by atoms with Crippen molar-refractivity contribution in [1.29, 1.82) is 0 Å². The van der Waals surface area contributed by atoms with E-state index in [0.717, 1.165) is 22.2 Å². The summed E-state index contributed by atoms with van der Waals surface area (Å²) >= 11 is 0. The number of aromatic amines is 1. The number of carbonyl (C=O) groups excluding carboxylic acids is 1. The van der Waals surface area contributed by atoms with E-state index in [9.17, 15) is 4.79 Å². The Labute approximate surface area is 88.1 Å². The minimum atomic E-state index is 0.0470. The first-order valence-electron chi connectivity index (χ1n) is 4.81. The van der Waals surface area contributed by atoms with E-state index in [0.29, 0.717) is 5.69 Å². The standard InChI is InChI=1S/C12H13NO2/c1-7-11-9(13-12(7)8(2)14)5-4-6-10(11)15-3/h4-6,13H,1-3H3. The third-order valence-corrected chi connectivity index (χ3v) is 2.61. The van der Waals surface area contributed by atoms with Crippen LogP contribution in [0.5, 0.6) is 5.75 Å². The first-order valence-corrected chi connectivity index (χ1v) is 4.81. The lowest BCUT2D eigenvalue weighted by Crippen LogP contribution is -1.94. The second-order valence-electron chi connectivity index (χ2n) is 3.56. The molecule has 0 bridgehead atoms. The molecule has 1 aromatic carbocycles. The molecule has 0 spiro atoms. The number of benzene rings is 1. The summed E-state index contributed by atoms with van der Waals surface area (Å²) < 4.78 is 5.27. The molecule has 0 aliphatic rings. The third-order valence-electron chi connectivity index (χ3n) is 2.61. The van der Waals surface area contributed by atoms with Gasteiger partial charge < -0.3 is 9.72 Å². The van der Waals surface area contributed by atoms with E-state index < -0.39 is 0 Å². The van der Waals surface area contributed by atoms with Gasteiger partial charge in [0.15, 0.2) is 5.78 Å². The van der Waals surface area contributed by atoms with E-state index >= 15 is 0 Å². The lowest BCUT2D eigenvalue weighted by atomic mass is 10.1. The van der Waals surface area contributed by atoms with Crippen LogP contribution in [0.1, 0.15) is 23.0 Å². The molecule has 15 heavy (non-hydrogen) atoms. The molecular formula is C12H13NO2.